The third kappa shape index (κ3) is 8.00. The molecular weight excluding hydrogens is 212 g/mol. The number of rotatable bonds is 9. The van der Waals surface area contributed by atoms with Crippen LogP contribution in [0.3, 0.4) is 0 Å². The minimum Gasteiger partial charge on any atom is -0.458 e. The molecular formula is C15H28O2. The normalized spacial score (nSPS) is 14.8. The molecule has 0 N–H and O–H groups in total. The largest absolute Gasteiger partial charge is 0.458 e. The molecule has 2 atom stereocenters. The maximum Gasteiger partial charge on any atom is 0.309 e. The summed E-state index contributed by atoms with van der Waals surface area (Å²) in [6.45, 7) is 8.24. The Balaban J connectivity index is 4.21. The van der Waals surface area contributed by atoms with Crippen LogP contribution in [-0.4, -0.2) is 12.1 Å². The van der Waals surface area contributed by atoms with E-state index in [1.165, 1.54) is 0 Å². The highest BCUT2D eigenvalue weighted by Gasteiger charge is 2.16. The molecule has 0 rings (SSSR count). The van der Waals surface area contributed by atoms with Crippen LogP contribution in [0.25, 0.3) is 0 Å². The molecule has 0 fully saturated rings. The van der Waals surface area contributed by atoms with Crippen molar-refractivity contribution in [3.05, 3.63) is 12.2 Å². The van der Waals surface area contributed by atoms with E-state index < -0.39 is 0 Å². The lowest BCUT2D eigenvalue weighted by atomic mass is 10.1. The van der Waals surface area contributed by atoms with Gasteiger partial charge in [-0.15, -0.1) is 0 Å². The smallest absolute Gasteiger partial charge is 0.309 e. The zero-order valence-electron chi connectivity index (χ0n) is 11.9. The summed E-state index contributed by atoms with van der Waals surface area (Å²) in [6.07, 6.45) is 10.4. The first-order valence-electron chi connectivity index (χ1n) is 7.02. The molecule has 0 aliphatic heterocycles. The van der Waals surface area contributed by atoms with Gasteiger partial charge in [-0.1, -0.05) is 46.6 Å². The van der Waals surface area contributed by atoms with Crippen LogP contribution in [0, 0.1) is 5.92 Å². The highest BCUT2D eigenvalue weighted by atomic mass is 16.5. The second kappa shape index (κ2) is 10.4. The molecule has 0 aliphatic rings. The van der Waals surface area contributed by atoms with Crippen molar-refractivity contribution < 1.29 is 9.53 Å². The molecule has 0 saturated heterocycles. The fourth-order valence-corrected chi connectivity index (χ4v) is 1.45. The zero-order valence-corrected chi connectivity index (χ0v) is 11.9. The van der Waals surface area contributed by atoms with Crippen molar-refractivity contribution in [2.24, 2.45) is 5.92 Å². The predicted octanol–water partition coefficient (Wildman–Crippen LogP) is 4.49. The fourth-order valence-electron chi connectivity index (χ4n) is 1.45. The summed E-state index contributed by atoms with van der Waals surface area (Å²) in [5.74, 6) is -0.0477. The van der Waals surface area contributed by atoms with Crippen molar-refractivity contribution in [2.45, 2.75) is 72.3 Å². The van der Waals surface area contributed by atoms with Crippen LogP contribution in [0.5, 0.6) is 0 Å². The van der Waals surface area contributed by atoms with E-state index in [-0.39, 0.29) is 18.0 Å². The van der Waals surface area contributed by atoms with E-state index in [0.717, 1.165) is 38.5 Å². The average Bonchev–Trinajstić information content (AvgIpc) is 2.34. The number of allylic oxidation sites excluding steroid dienone is 1. The Bertz CT molecular complexity index is 221. The van der Waals surface area contributed by atoms with Crippen LogP contribution < -0.4 is 0 Å². The first-order chi connectivity index (χ1) is 8.15. The average molecular weight is 240 g/mol. The Labute approximate surface area is 106 Å². The number of esters is 1. The number of ether oxygens (including phenoxy) is 1. The van der Waals surface area contributed by atoms with Crippen LogP contribution in [0.15, 0.2) is 12.2 Å². The maximum atomic E-state index is 11.7. The monoisotopic (exact) mass is 240 g/mol. The van der Waals surface area contributed by atoms with Crippen LogP contribution >= 0.6 is 0 Å². The van der Waals surface area contributed by atoms with Gasteiger partial charge in [0, 0.05) is 0 Å². The van der Waals surface area contributed by atoms with E-state index >= 15 is 0 Å². The highest BCUT2D eigenvalue weighted by Crippen LogP contribution is 2.12. The molecule has 0 spiro atoms. The third-order valence-corrected chi connectivity index (χ3v) is 2.93. The van der Waals surface area contributed by atoms with E-state index in [1.807, 2.05) is 13.8 Å². The zero-order chi connectivity index (χ0) is 13.1. The van der Waals surface area contributed by atoms with Crippen molar-refractivity contribution in [3.63, 3.8) is 0 Å². The first kappa shape index (κ1) is 16.2. The van der Waals surface area contributed by atoms with Crippen LogP contribution in [-0.2, 0) is 9.53 Å². The van der Waals surface area contributed by atoms with Crippen LogP contribution in [0.4, 0.5) is 0 Å². The summed E-state index contributed by atoms with van der Waals surface area (Å²) < 4.78 is 5.53. The Hall–Kier alpha value is -0.790. The Morgan fingerprint density at radius 3 is 2.47 bits per heavy atom. The van der Waals surface area contributed by atoms with Crippen LogP contribution in [0.1, 0.15) is 66.2 Å². The van der Waals surface area contributed by atoms with Gasteiger partial charge >= 0.3 is 5.97 Å². The van der Waals surface area contributed by atoms with Gasteiger partial charge in [-0.05, 0) is 31.8 Å². The summed E-state index contributed by atoms with van der Waals surface area (Å²) in [4.78, 5) is 11.7. The number of unbranched alkanes of at least 4 members (excludes halogenated alkanes) is 2. The SMILES string of the molecule is CCC/C=C/C(CCCC)OC(=O)C(C)CC. The minimum absolute atomic E-state index is 0.0127. The third-order valence-electron chi connectivity index (χ3n) is 2.93. The molecule has 2 nitrogen and oxygen atoms in total. The van der Waals surface area contributed by atoms with Gasteiger partial charge in [0.1, 0.15) is 6.10 Å². The summed E-state index contributed by atoms with van der Waals surface area (Å²) in [7, 11) is 0. The minimum atomic E-state index is -0.0604. The molecule has 100 valence electrons. The van der Waals surface area contributed by atoms with Gasteiger partial charge in [-0.25, -0.2) is 0 Å². The number of hydrogen-bond acceptors (Lipinski definition) is 2. The molecule has 0 aromatic carbocycles. The Kier molecular flexibility index (Phi) is 9.89. The summed E-state index contributed by atoms with van der Waals surface area (Å²) in [6, 6.07) is 0. The maximum absolute atomic E-state index is 11.7. The second-order valence-corrected chi connectivity index (χ2v) is 4.64. The standard InChI is InChI=1S/C15H28O2/c1-5-8-10-12-14(11-9-6-2)17-15(16)13(4)7-3/h10,12-14H,5-9,11H2,1-4H3/b12-10+. The Morgan fingerprint density at radius 2 is 1.94 bits per heavy atom. The number of carbonyl (C=O) groups excluding carboxylic acids is 1. The summed E-state index contributed by atoms with van der Waals surface area (Å²) in [5.41, 5.74) is 0. The summed E-state index contributed by atoms with van der Waals surface area (Å²) >= 11 is 0. The van der Waals surface area contributed by atoms with E-state index in [0.29, 0.717) is 0 Å². The van der Waals surface area contributed by atoms with Crippen molar-refractivity contribution in [2.75, 3.05) is 0 Å². The molecule has 2 unspecified atom stereocenters. The van der Waals surface area contributed by atoms with E-state index in [2.05, 4.69) is 26.0 Å². The van der Waals surface area contributed by atoms with E-state index in [4.69, 9.17) is 4.74 Å². The number of carbonyl (C=O) groups is 1. The lowest BCUT2D eigenvalue weighted by molar-refractivity contribution is -0.151. The lowest BCUT2D eigenvalue weighted by Crippen LogP contribution is -2.21. The summed E-state index contributed by atoms with van der Waals surface area (Å²) in [5, 5.41) is 0. The van der Waals surface area contributed by atoms with Crippen LogP contribution in [0.2, 0.25) is 0 Å². The number of hydrogen-bond donors (Lipinski definition) is 0. The molecule has 0 heterocycles. The predicted molar refractivity (Wildman–Crippen MR) is 72.9 cm³/mol. The van der Waals surface area contributed by atoms with Crippen molar-refractivity contribution in [1.82, 2.24) is 0 Å². The molecule has 0 radical (unpaired) electrons. The van der Waals surface area contributed by atoms with Crippen molar-refractivity contribution in [1.29, 1.82) is 0 Å². The van der Waals surface area contributed by atoms with Crippen molar-refractivity contribution in [3.8, 4) is 0 Å². The van der Waals surface area contributed by atoms with Gasteiger partial charge in [0.2, 0.25) is 0 Å². The topological polar surface area (TPSA) is 26.3 Å². The van der Waals surface area contributed by atoms with Gasteiger partial charge in [0.05, 0.1) is 5.92 Å². The van der Waals surface area contributed by atoms with Gasteiger partial charge in [-0.3, -0.25) is 4.79 Å². The molecule has 0 amide bonds. The first-order valence-corrected chi connectivity index (χ1v) is 7.02. The van der Waals surface area contributed by atoms with Gasteiger partial charge < -0.3 is 4.74 Å². The molecule has 0 aromatic heterocycles. The van der Waals surface area contributed by atoms with Gasteiger partial charge in [0.25, 0.3) is 0 Å². The molecule has 17 heavy (non-hydrogen) atoms. The molecule has 0 aromatic rings. The Morgan fingerprint density at radius 1 is 1.24 bits per heavy atom. The highest BCUT2D eigenvalue weighted by molar-refractivity contribution is 5.72. The quantitative estimate of drug-likeness (QED) is 0.438. The molecule has 0 bridgehead atoms. The lowest BCUT2D eigenvalue weighted by Gasteiger charge is -2.16. The molecule has 0 aliphatic carbocycles. The van der Waals surface area contributed by atoms with E-state index in [1.54, 1.807) is 0 Å². The van der Waals surface area contributed by atoms with Gasteiger partial charge in [-0.2, -0.15) is 0 Å². The van der Waals surface area contributed by atoms with Crippen molar-refractivity contribution >= 4 is 5.97 Å². The second-order valence-electron chi connectivity index (χ2n) is 4.64. The molecule has 2 heteroatoms. The van der Waals surface area contributed by atoms with Gasteiger partial charge in [0.15, 0.2) is 0 Å². The fraction of sp³-hybridized carbons (Fsp3) is 0.800. The molecule has 0 saturated carbocycles. The van der Waals surface area contributed by atoms with E-state index in [9.17, 15) is 4.79 Å².